The van der Waals surface area contributed by atoms with Crippen LogP contribution in [0.5, 0.6) is 5.75 Å². The molecule has 0 unspecified atom stereocenters. The van der Waals surface area contributed by atoms with Crippen LogP contribution in [0.1, 0.15) is 23.3 Å². The largest absolute Gasteiger partial charge is 0.573 e. The van der Waals surface area contributed by atoms with Gasteiger partial charge < -0.3 is 10.1 Å². The number of benzene rings is 1. The highest BCUT2D eigenvalue weighted by molar-refractivity contribution is 7.18. The number of piperidine rings is 1. The van der Waals surface area contributed by atoms with E-state index in [0.29, 0.717) is 35.0 Å². The van der Waals surface area contributed by atoms with Gasteiger partial charge in [-0.15, -0.1) is 24.5 Å². The minimum atomic E-state index is -4.70. The molecule has 34 heavy (non-hydrogen) atoms. The molecule has 0 bridgehead atoms. The summed E-state index contributed by atoms with van der Waals surface area (Å²) < 4.78 is 78.9. The van der Waals surface area contributed by atoms with Gasteiger partial charge in [0.15, 0.2) is 0 Å². The second-order valence-corrected chi connectivity index (χ2v) is 9.35. The predicted octanol–water partition coefficient (Wildman–Crippen LogP) is 6.02. The summed E-state index contributed by atoms with van der Waals surface area (Å²) in [5.74, 6) is 0.673. The first kappa shape index (κ1) is 24.5. The molecular formula is C22H22F6N4OS. The van der Waals surface area contributed by atoms with Crippen molar-refractivity contribution in [2.75, 3.05) is 25.0 Å². The van der Waals surface area contributed by atoms with E-state index >= 15 is 0 Å². The van der Waals surface area contributed by atoms with Crippen LogP contribution in [0.3, 0.4) is 0 Å². The maximum atomic E-state index is 12.7. The fourth-order valence-corrected chi connectivity index (χ4v) is 5.00. The number of thiophene rings is 1. The van der Waals surface area contributed by atoms with E-state index in [1.165, 1.54) is 24.5 Å². The third kappa shape index (κ3) is 6.95. The number of ether oxygens (including phenoxy) is 1. The number of nitrogens with zero attached hydrogens (tertiary/aromatic N) is 3. The molecule has 0 saturated carbocycles. The average Bonchev–Trinajstić information content (AvgIpc) is 3.15. The first-order valence-corrected chi connectivity index (χ1v) is 11.5. The van der Waals surface area contributed by atoms with E-state index in [1.54, 1.807) is 12.1 Å². The molecular weight excluding hydrogens is 482 g/mol. The fraction of sp³-hybridized carbons (Fsp3) is 0.455. The lowest BCUT2D eigenvalue weighted by molar-refractivity contribution is -0.274. The molecule has 0 aliphatic carbocycles. The number of halogens is 6. The number of likely N-dealkylation sites (tertiary alicyclic amines) is 1. The molecule has 0 radical (unpaired) electrons. The first-order chi connectivity index (χ1) is 16.0. The number of alkyl halides is 6. The minimum absolute atomic E-state index is 0.206. The number of hydrogen-bond donors (Lipinski definition) is 1. The van der Waals surface area contributed by atoms with Crippen molar-refractivity contribution in [3.8, 4) is 5.75 Å². The molecule has 3 heterocycles. The van der Waals surface area contributed by atoms with E-state index < -0.39 is 19.0 Å². The van der Waals surface area contributed by atoms with Gasteiger partial charge in [0.25, 0.3) is 0 Å². The Hall–Kier alpha value is -2.60. The van der Waals surface area contributed by atoms with Crippen molar-refractivity contribution < 1.29 is 31.1 Å². The highest BCUT2D eigenvalue weighted by atomic mass is 32.1. The molecule has 3 aromatic rings. The van der Waals surface area contributed by atoms with Crippen molar-refractivity contribution in [3.63, 3.8) is 0 Å². The van der Waals surface area contributed by atoms with Gasteiger partial charge in [0.1, 0.15) is 22.7 Å². The monoisotopic (exact) mass is 504 g/mol. The molecule has 0 atom stereocenters. The van der Waals surface area contributed by atoms with Gasteiger partial charge >= 0.3 is 12.5 Å². The second kappa shape index (κ2) is 9.95. The number of rotatable bonds is 7. The standard InChI is InChI=1S/C22H22F6N4OS/c23-21(24,25)10-17-9-18-19(30-13-31-20(18)34-17)29-11-14-5-7-32(8-6-14)12-15-1-3-16(4-2-15)33-22(26,27)28/h1-4,9,13-14H,5-8,10-12H2,(H,29,30,31). The molecule has 1 N–H and O–H groups in total. The van der Waals surface area contributed by atoms with E-state index in [2.05, 4.69) is 24.9 Å². The van der Waals surface area contributed by atoms with E-state index in [1.807, 2.05) is 0 Å². The highest BCUT2D eigenvalue weighted by Crippen LogP contribution is 2.33. The van der Waals surface area contributed by atoms with Gasteiger partial charge in [-0.2, -0.15) is 13.2 Å². The fourth-order valence-electron chi connectivity index (χ4n) is 3.98. The van der Waals surface area contributed by atoms with Gasteiger partial charge in [-0.1, -0.05) is 12.1 Å². The second-order valence-electron chi connectivity index (χ2n) is 8.24. The molecule has 0 amide bonds. The van der Waals surface area contributed by atoms with Crippen molar-refractivity contribution in [1.82, 2.24) is 14.9 Å². The summed E-state index contributed by atoms with van der Waals surface area (Å²) in [6.07, 6.45) is -6.77. The summed E-state index contributed by atoms with van der Waals surface area (Å²) in [5, 5.41) is 3.87. The Balaban J connectivity index is 1.26. The first-order valence-electron chi connectivity index (χ1n) is 10.7. The number of anilines is 1. The zero-order valence-electron chi connectivity index (χ0n) is 17.9. The van der Waals surface area contributed by atoms with Crippen LogP contribution < -0.4 is 10.1 Å². The van der Waals surface area contributed by atoms with Gasteiger partial charge in [0.05, 0.1) is 11.8 Å². The van der Waals surface area contributed by atoms with Crippen LogP contribution in [0.25, 0.3) is 10.2 Å². The third-order valence-electron chi connectivity index (χ3n) is 5.58. The number of fused-ring (bicyclic) bond motifs is 1. The molecule has 2 aromatic heterocycles. The summed E-state index contributed by atoms with van der Waals surface area (Å²) in [6, 6.07) is 7.38. The predicted molar refractivity (Wildman–Crippen MR) is 117 cm³/mol. The smallest absolute Gasteiger partial charge is 0.406 e. The molecule has 1 saturated heterocycles. The van der Waals surface area contributed by atoms with E-state index in [4.69, 9.17) is 0 Å². The van der Waals surface area contributed by atoms with Gasteiger partial charge in [-0.25, -0.2) is 9.97 Å². The molecule has 0 spiro atoms. The van der Waals surface area contributed by atoms with E-state index in [9.17, 15) is 26.3 Å². The molecule has 5 nitrogen and oxygen atoms in total. The van der Waals surface area contributed by atoms with Crippen LogP contribution in [-0.4, -0.2) is 47.0 Å². The van der Waals surface area contributed by atoms with Crippen molar-refractivity contribution in [3.05, 3.63) is 47.1 Å². The van der Waals surface area contributed by atoms with Gasteiger partial charge in [-0.3, -0.25) is 4.90 Å². The topological polar surface area (TPSA) is 50.3 Å². The van der Waals surface area contributed by atoms with Crippen LogP contribution in [0.15, 0.2) is 36.7 Å². The van der Waals surface area contributed by atoms with Gasteiger partial charge in [0, 0.05) is 18.0 Å². The summed E-state index contributed by atoms with van der Waals surface area (Å²) in [4.78, 5) is 11.3. The summed E-state index contributed by atoms with van der Waals surface area (Å²) in [6.45, 7) is 2.95. The van der Waals surface area contributed by atoms with Gasteiger partial charge in [-0.05, 0) is 55.6 Å². The number of aromatic nitrogens is 2. The molecule has 4 rings (SSSR count). The van der Waals surface area contributed by atoms with Crippen molar-refractivity contribution in [1.29, 1.82) is 0 Å². The van der Waals surface area contributed by atoms with Crippen LogP contribution in [0.2, 0.25) is 0 Å². The Morgan fingerprint density at radius 2 is 1.74 bits per heavy atom. The summed E-state index contributed by atoms with van der Waals surface area (Å²) >= 11 is 1.02. The normalized spacial score (nSPS) is 16.2. The number of nitrogens with one attached hydrogen (secondary N) is 1. The molecule has 1 aromatic carbocycles. The lowest BCUT2D eigenvalue weighted by Crippen LogP contribution is -2.35. The zero-order valence-corrected chi connectivity index (χ0v) is 18.7. The van der Waals surface area contributed by atoms with Gasteiger partial charge in [0.2, 0.25) is 0 Å². The Morgan fingerprint density at radius 1 is 1.03 bits per heavy atom. The maximum Gasteiger partial charge on any atom is 0.573 e. The Kier molecular flexibility index (Phi) is 7.17. The third-order valence-corrected chi connectivity index (χ3v) is 6.63. The van der Waals surface area contributed by atoms with Crippen LogP contribution >= 0.6 is 11.3 Å². The average molecular weight is 505 g/mol. The molecule has 1 aliphatic heterocycles. The lowest BCUT2D eigenvalue weighted by Gasteiger charge is -2.32. The van der Waals surface area contributed by atoms with Crippen LogP contribution in [0, 0.1) is 5.92 Å². The minimum Gasteiger partial charge on any atom is -0.406 e. The van der Waals surface area contributed by atoms with E-state index in [-0.39, 0.29) is 10.6 Å². The SMILES string of the molecule is FC(F)(F)Cc1cc2c(NCC3CCN(Cc4ccc(OC(F)(F)F)cc4)CC3)ncnc2s1. The van der Waals surface area contributed by atoms with Crippen LogP contribution in [-0.2, 0) is 13.0 Å². The van der Waals surface area contributed by atoms with Crippen molar-refractivity contribution >= 4 is 27.4 Å². The number of hydrogen-bond acceptors (Lipinski definition) is 6. The molecule has 184 valence electrons. The van der Waals surface area contributed by atoms with Crippen LogP contribution in [0.4, 0.5) is 32.2 Å². The lowest BCUT2D eigenvalue weighted by atomic mass is 9.96. The Labute approximate surface area is 195 Å². The van der Waals surface area contributed by atoms with E-state index in [0.717, 1.165) is 42.8 Å². The summed E-state index contributed by atoms with van der Waals surface area (Å²) in [5.41, 5.74) is 0.904. The highest BCUT2D eigenvalue weighted by Gasteiger charge is 2.31. The Morgan fingerprint density at radius 3 is 2.38 bits per heavy atom. The summed E-state index contributed by atoms with van der Waals surface area (Å²) in [7, 11) is 0. The molecule has 1 fully saturated rings. The zero-order chi connectivity index (χ0) is 24.3. The molecule has 1 aliphatic rings. The Bertz CT molecular complexity index is 1090. The van der Waals surface area contributed by atoms with Crippen molar-refractivity contribution in [2.45, 2.75) is 38.3 Å². The maximum absolute atomic E-state index is 12.7. The molecule has 12 heteroatoms. The van der Waals surface area contributed by atoms with Crippen molar-refractivity contribution in [2.24, 2.45) is 5.92 Å². The quantitative estimate of drug-likeness (QED) is 0.399.